The van der Waals surface area contributed by atoms with Gasteiger partial charge in [-0.25, -0.2) is 0 Å². The summed E-state index contributed by atoms with van der Waals surface area (Å²) in [6.45, 7) is 2.04. The molecule has 1 aliphatic rings. The van der Waals surface area contributed by atoms with Crippen LogP contribution in [0.4, 0.5) is 5.69 Å². The molecule has 18 heavy (non-hydrogen) atoms. The highest BCUT2D eigenvalue weighted by Crippen LogP contribution is 2.37. The van der Waals surface area contributed by atoms with Gasteiger partial charge in [-0.1, -0.05) is 30.7 Å². The summed E-state index contributed by atoms with van der Waals surface area (Å²) in [6, 6.07) is 7.44. The number of benzene rings is 1. The van der Waals surface area contributed by atoms with Gasteiger partial charge in [-0.2, -0.15) is 11.8 Å². The lowest BCUT2D eigenvalue weighted by atomic mass is 9.88. The van der Waals surface area contributed by atoms with Crippen molar-refractivity contribution in [2.45, 2.75) is 30.6 Å². The van der Waals surface area contributed by atoms with Crippen LogP contribution in [0.15, 0.2) is 24.3 Å². The molecule has 1 aromatic rings. The van der Waals surface area contributed by atoms with Crippen molar-refractivity contribution >= 4 is 35.0 Å². The molecule has 1 heterocycles. The summed E-state index contributed by atoms with van der Waals surface area (Å²) in [5, 5.41) is 4.04. The van der Waals surface area contributed by atoms with E-state index in [-0.39, 0.29) is 11.2 Å². The summed E-state index contributed by atoms with van der Waals surface area (Å²) in [4.78, 5) is 11.9. The number of nitrogens with two attached hydrogens (primary N) is 1. The number of carbonyl (C=O) groups is 1. The predicted octanol–water partition coefficient (Wildman–Crippen LogP) is 2.89. The van der Waals surface area contributed by atoms with E-state index < -0.39 is 5.54 Å². The molecule has 1 amide bonds. The molecular weight excluding hydrogens is 268 g/mol. The van der Waals surface area contributed by atoms with E-state index in [1.54, 1.807) is 17.8 Å². The van der Waals surface area contributed by atoms with E-state index in [9.17, 15) is 4.79 Å². The van der Waals surface area contributed by atoms with Gasteiger partial charge in [-0.3, -0.25) is 4.79 Å². The molecule has 98 valence electrons. The first-order valence-electron chi connectivity index (χ1n) is 6.00. The van der Waals surface area contributed by atoms with Crippen LogP contribution in [0.1, 0.15) is 19.8 Å². The zero-order chi connectivity index (χ0) is 13.2. The molecule has 3 N–H and O–H groups in total. The van der Waals surface area contributed by atoms with E-state index in [4.69, 9.17) is 17.3 Å². The number of anilines is 1. The van der Waals surface area contributed by atoms with Crippen LogP contribution in [0, 0.1) is 0 Å². The molecule has 2 atom stereocenters. The summed E-state index contributed by atoms with van der Waals surface area (Å²) in [5.74, 6) is 0.766. The number of hydrogen-bond donors (Lipinski definition) is 2. The van der Waals surface area contributed by atoms with Gasteiger partial charge < -0.3 is 11.1 Å². The van der Waals surface area contributed by atoms with Crippen molar-refractivity contribution in [3.63, 3.8) is 0 Å². The van der Waals surface area contributed by atoms with Gasteiger partial charge in [0.25, 0.3) is 0 Å². The molecule has 1 fully saturated rings. The average molecular weight is 285 g/mol. The third-order valence-corrected chi connectivity index (χ3v) is 5.20. The number of thioether (sulfide) groups is 1. The lowest BCUT2D eigenvalue weighted by Gasteiger charge is -2.41. The summed E-state index contributed by atoms with van der Waals surface area (Å²) in [6.07, 6.45) is 1.73. The average Bonchev–Trinajstić information content (AvgIpc) is 2.34. The molecule has 5 heteroatoms. The number of carbonyl (C=O) groups excluding carboxylic acids is 1. The highest BCUT2D eigenvalue weighted by atomic mass is 35.5. The summed E-state index contributed by atoms with van der Waals surface area (Å²) in [5.41, 5.74) is 5.70. The minimum atomic E-state index is -0.700. The van der Waals surface area contributed by atoms with Crippen molar-refractivity contribution in [1.29, 1.82) is 0 Å². The Balaban J connectivity index is 2.32. The van der Waals surface area contributed by atoms with Crippen LogP contribution < -0.4 is 11.1 Å². The molecule has 1 aliphatic heterocycles. The fourth-order valence-electron chi connectivity index (χ4n) is 2.31. The highest BCUT2D eigenvalue weighted by Gasteiger charge is 2.44. The van der Waals surface area contributed by atoms with Crippen molar-refractivity contribution in [3.8, 4) is 0 Å². The van der Waals surface area contributed by atoms with Crippen molar-refractivity contribution in [2.75, 3.05) is 11.1 Å². The van der Waals surface area contributed by atoms with E-state index in [2.05, 4.69) is 5.32 Å². The van der Waals surface area contributed by atoms with Crippen LogP contribution in [0.2, 0.25) is 5.02 Å². The normalized spacial score (nSPS) is 27.8. The van der Waals surface area contributed by atoms with Gasteiger partial charge in [0.05, 0.1) is 10.7 Å². The summed E-state index contributed by atoms with van der Waals surface area (Å²) in [7, 11) is 0. The van der Waals surface area contributed by atoms with Crippen LogP contribution in [0.3, 0.4) is 0 Å². The van der Waals surface area contributed by atoms with Gasteiger partial charge in [0, 0.05) is 5.25 Å². The van der Waals surface area contributed by atoms with Gasteiger partial charge in [0.2, 0.25) is 5.91 Å². The van der Waals surface area contributed by atoms with E-state index in [0.29, 0.717) is 5.02 Å². The SMILES string of the molecule is CC1SCCCC1(Nc1ccccc1Cl)C(N)=O. The fraction of sp³-hybridized carbons (Fsp3) is 0.462. The van der Waals surface area contributed by atoms with Crippen LogP contribution in [0.25, 0.3) is 0 Å². The Kier molecular flexibility index (Phi) is 4.07. The molecule has 0 saturated carbocycles. The summed E-state index contributed by atoms with van der Waals surface area (Å²) >= 11 is 7.91. The van der Waals surface area contributed by atoms with Crippen LogP contribution in [-0.4, -0.2) is 22.4 Å². The topological polar surface area (TPSA) is 55.1 Å². The molecule has 0 bridgehead atoms. The molecule has 0 aliphatic carbocycles. The molecule has 0 aromatic heterocycles. The van der Waals surface area contributed by atoms with Gasteiger partial charge in [-0.05, 0) is 30.7 Å². The van der Waals surface area contributed by atoms with Crippen LogP contribution in [-0.2, 0) is 4.79 Å². The van der Waals surface area contributed by atoms with Gasteiger partial charge >= 0.3 is 0 Å². The minimum absolute atomic E-state index is 0.139. The Morgan fingerprint density at radius 3 is 2.89 bits per heavy atom. The standard InChI is InChI=1S/C13H17ClN2OS/c1-9-13(12(15)17,7-4-8-18-9)16-11-6-3-2-5-10(11)14/h2-3,5-6,9,16H,4,7-8H2,1H3,(H2,15,17). The molecular formula is C13H17ClN2OS. The van der Waals surface area contributed by atoms with Gasteiger partial charge in [-0.15, -0.1) is 0 Å². The smallest absolute Gasteiger partial charge is 0.244 e. The molecule has 0 radical (unpaired) electrons. The zero-order valence-electron chi connectivity index (χ0n) is 10.3. The van der Waals surface area contributed by atoms with Crippen molar-refractivity contribution in [1.82, 2.24) is 0 Å². The van der Waals surface area contributed by atoms with E-state index >= 15 is 0 Å². The monoisotopic (exact) mass is 284 g/mol. The molecule has 2 unspecified atom stereocenters. The Morgan fingerprint density at radius 2 is 2.28 bits per heavy atom. The molecule has 3 nitrogen and oxygen atoms in total. The van der Waals surface area contributed by atoms with Crippen molar-refractivity contribution in [3.05, 3.63) is 29.3 Å². The Morgan fingerprint density at radius 1 is 1.56 bits per heavy atom. The predicted molar refractivity (Wildman–Crippen MR) is 78.2 cm³/mol. The second-order valence-electron chi connectivity index (χ2n) is 4.56. The zero-order valence-corrected chi connectivity index (χ0v) is 11.9. The number of hydrogen-bond acceptors (Lipinski definition) is 3. The maximum atomic E-state index is 11.9. The minimum Gasteiger partial charge on any atom is -0.369 e. The quantitative estimate of drug-likeness (QED) is 0.897. The Labute approximate surface area is 116 Å². The number of rotatable bonds is 3. The Hall–Kier alpha value is -0.870. The lowest BCUT2D eigenvalue weighted by Crippen LogP contribution is -2.58. The number of para-hydroxylation sites is 1. The number of nitrogens with one attached hydrogen (secondary N) is 1. The molecule has 0 spiro atoms. The lowest BCUT2D eigenvalue weighted by molar-refractivity contribution is -0.122. The molecule has 1 aromatic carbocycles. The fourth-order valence-corrected chi connectivity index (χ4v) is 3.73. The third kappa shape index (κ3) is 2.45. The van der Waals surface area contributed by atoms with Crippen molar-refractivity contribution < 1.29 is 4.79 Å². The second kappa shape index (κ2) is 5.41. The number of primary amides is 1. The van der Waals surface area contributed by atoms with Crippen LogP contribution >= 0.6 is 23.4 Å². The first-order valence-corrected chi connectivity index (χ1v) is 7.43. The molecule has 2 rings (SSSR count). The Bertz CT molecular complexity index is 454. The first kappa shape index (κ1) is 13.6. The maximum Gasteiger partial charge on any atom is 0.244 e. The van der Waals surface area contributed by atoms with Crippen molar-refractivity contribution in [2.24, 2.45) is 5.73 Å². The number of halogens is 1. The highest BCUT2D eigenvalue weighted by molar-refractivity contribution is 8.00. The van der Waals surface area contributed by atoms with E-state index in [1.165, 1.54) is 0 Å². The van der Waals surface area contributed by atoms with Gasteiger partial charge in [0.1, 0.15) is 5.54 Å². The first-order chi connectivity index (χ1) is 8.56. The largest absolute Gasteiger partial charge is 0.369 e. The maximum absolute atomic E-state index is 11.9. The number of amides is 1. The third-order valence-electron chi connectivity index (χ3n) is 3.45. The second-order valence-corrected chi connectivity index (χ2v) is 6.41. The van der Waals surface area contributed by atoms with Gasteiger partial charge in [0.15, 0.2) is 0 Å². The van der Waals surface area contributed by atoms with E-state index in [0.717, 1.165) is 24.3 Å². The van der Waals surface area contributed by atoms with Crippen LogP contribution in [0.5, 0.6) is 0 Å². The molecule has 1 saturated heterocycles. The van der Waals surface area contributed by atoms with E-state index in [1.807, 2.05) is 25.1 Å². The summed E-state index contributed by atoms with van der Waals surface area (Å²) < 4.78 is 0.